The first-order chi connectivity index (χ1) is 8.58. The molecule has 98 valence electrons. The topological polar surface area (TPSA) is 70.8 Å². The highest BCUT2D eigenvalue weighted by Crippen LogP contribution is 2.24. The maximum atomic E-state index is 13.6. The van der Waals surface area contributed by atoms with Crippen molar-refractivity contribution in [1.82, 2.24) is 0 Å². The summed E-state index contributed by atoms with van der Waals surface area (Å²) in [6, 6.07) is 8.35. The Bertz CT molecular complexity index is 414. The monoisotopic (exact) mass is 255 g/mol. The van der Waals surface area contributed by atoms with Gasteiger partial charge >= 0.3 is 6.16 Å². The molecule has 1 heterocycles. The van der Waals surface area contributed by atoms with Crippen molar-refractivity contribution in [3.63, 3.8) is 0 Å². The van der Waals surface area contributed by atoms with Crippen LogP contribution in [0.2, 0.25) is 0 Å². The minimum atomic E-state index is -1.46. The molecule has 4 atom stereocenters. The number of hydrogen-bond acceptors (Lipinski definition) is 5. The van der Waals surface area contributed by atoms with Crippen LogP contribution in [0.4, 0.5) is 9.18 Å². The fourth-order valence-electron chi connectivity index (χ4n) is 1.70. The highest BCUT2D eigenvalue weighted by molar-refractivity contribution is 5.64. The van der Waals surface area contributed by atoms with Gasteiger partial charge in [0, 0.05) is 0 Å². The Kier molecular flexibility index (Phi) is 3.78. The van der Waals surface area contributed by atoms with Crippen molar-refractivity contribution in [2.75, 3.05) is 0 Å². The third-order valence-corrected chi connectivity index (χ3v) is 2.63. The molecule has 5 nitrogen and oxygen atoms in total. The number of carbonyl (C=O) groups excluding carboxylic acids is 1. The Morgan fingerprint density at radius 2 is 2.06 bits per heavy atom. The summed E-state index contributed by atoms with van der Waals surface area (Å²) >= 11 is 0. The van der Waals surface area contributed by atoms with Crippen molar-refractivity contribution < 1.29 is 23.4 Å². The van der Waals surface area contributed by atoms with Gasteiger partial charge in [-0.15, -0.1) is 0 Å². The molecule has 0 bridgehead atoms. The van der Waals surface area contributed by atoms with Gasteiger partial charge in [0.05, 0.1) is 6.10 Å². The van der Waals surface area contributed by atoms with Crippen molar-refractivity contribution in [3.05, 3.63) is 30.3 Å². The highest BCUT2D eigenvalue weighted by Gasteiger charge is 2.44. The highest BCUT2D eigenvalue weighted by atomic mass is 19.1. The van der Waals surface area contributed by atoms with E-state index in [2.05, 4.69) is 0 Å². The van der Waals surface area contributed by atoms with E-state index < -0.39 is 30.8 Å². The van der Waals surface area contributed by atoms with Crippen LogP contribution in [-0.2, 0) is 9.47 Å². The second-order valence-electron chi connectivity index (χ2n) is 4.00. The summed E-state index contributed by atoms with van der Waals surface area (Å²) in [5, 5.41) is 0. The van der Waals surface area contributed by atoms with E-state index in [1.54, 1.807) is 30.3 Å². The van der Waals surface area contributed by atoms with Crippen molar-refractivity contribution in [3.8, 4) is 5.75 Å². The van der Waals surface area contributed by atoms with Gasteiger partial charge in [0.1, 0.15) is 12.0 Å². The molecule has 2 N–H and O–H groups in total. The molecular weight excluding hydrogens is 241 g/mol. The molecule has 0 aliphatic carbocycles. The molecule has 18 heavy (non-hydrogen) atoms. The third-order valence-electron chi connectivity index (χ3n) is 2.63. The number of hydrogen-bond donors (Lipinski definition) is 1. The lowest BCUT2D eigenvalue weighted by Gasteiger charge is -2.16. The smallest absolute Gasteiger partial charge is 0.423 e. The predicted molar refractivity (Wildman–Crippen MR) is 60.8 cm³/mol. The fourth-order valence-corrected chi connectivity index (χ4v) is 1.70. The van der Waals surface area contributed by atoms with Crippen LogP contribution >= 0.6 is 0 Å². The Hall–Kier alpha value is -1.66. The normalized spacial score (nSPS) is 31.1. The molecule has 0 amide bonds. The lowest BCUT2D eigenvalue weighted by molar-refractivity contribution is -0.00422. The molecule has 0 spiro atoms. The summed E-state index contributed by atoms with van der Waals surface area (Å²) < 4.78 is 28.3. The first-order valence-electron chi connectivity index (χ1n) is 5.56. The van der Waals surface area contributed by atoms with Crippen LogP contribution in [0.1, 0.15) is 6.92 Å². The molecule has 1 saturated heterocycles. The molecule has 0 saturated carbocycles. The number of alkyl halides is 1. The zero-order valence-corrected chi connectivity index (χ0v) is 9.78. The van der Waals surface area contributed by atoms with Crippen LogP contribution in [0.15, 0.2) is 30.3 Å². The number of carbonyl (C=O) groups is 1. The maximum Gasteiger partial charge on any atom is 0.514 e. The minimum absolute atomic E-state index is 0.318. The average molecular weight is 255 g/mol. The fraction of sp³-hybridized carbons (Fsp3) is 0.417. The second kappa shape index (κ2) is 5.32. The van der Waals surface area contributed by atoms with E-state index in [0.717, 1.165) is 0 Å². The number of halogens is 1. The minimum Gasteiger partial charge on any atom is -0.423 e. The maximum absolute atomic E-state index is 13.6. The lowest BCUT2D eigenvalue weighted by Crippen LogP contribution is -2.39. The van der Waals surface area contributed by atoms with Crippen molar-refractivity contribution >= 4 is 6.16 Å². The number of nitrogens with two attached hydrogens (primary N) is 1. The van der Waals surface area contributed by atoms with Gasteiger partial charge in [-0.1, -0.05) is 18.2 Å². The van der Waals surface area contributed by atoms with Gasteiger partial charge < -0.3 is 19.9 Å². The van der Waals surface area contributed by atoms with E-state index in [4.69, 9.17) is 19.9 Å². The molecule has 1 fully saturated rings. The quantitative estimate of drug-likeness (QED) is 0.642. The van der Waals surface area contributed by atoms with Crippen molar-refractivity contribution in [2.45, 2.75) is 31.5 Å². The Morgan fingerprint density at radius 1 is 1.39 bits per heavy atom. The molecule has 1 aromatic rings. The van der Waals surface area contributed by atoms with Gasteiger partial charge in [-0.2, -0.15) is 0 Å². The van der Waals surface area contributed by atoms with Gasteiger partial charge in [0.25, 0.3) is 0 Å². The molecule has 0 aromatic heterocycles. The standard InChI is InChI=1S/C12H14FNO4/c1-7-9(13)10(11(14)16-7)18-12(15)17-8-5-3-2-4-6-8/h2-7,9-11H,14H2,1H3/t7-,9-,10+,11-/m0/s1. The van der Waals surface area contributed by atoms with Gasteiger partial charge in [0.2, 0.25) is 0 Å². The van der Waals surface area contributed by atoms with Crippen LogP contribution in [0, 0.1) is 0 Å². The molecule has 0 unspecified atom stereocenters. The number of benzene rings is 1. The molecule has 1 aliphatic rings. The van der Waals surface area contributed by atoms with E-state index in [9.17, 15) is 9.18 Å². The number of para-hydroxylation sites is 1. The van der Waals surface area contributed by atoms with Gasteiger partial charge in [-0.3, -0.25) is 0 Å². The lowest BCUT2D eigenvalue weighted by atomic mass is 10.2. The number of ether oxygens (including phenoxy) is 3. The Labute approximate surface area is 104 Å². The summed E-state index contributed by atoms with van der Waals surface area (Å²) in [4.78, 5) is 11.4. The van der Waals surface area contributed by atoms with E-state index in [0.29, 0.717) is 5.75 Å². The van der Waals surface area contributed by atoms with Gasteiger partial charge in [-0.05, 0) is 19.1 Å². The summed E-state index contributed by atoms with van der Waals surface area (Å²) in [5.41, 5.74) is 5.51. The van der Waals surface area contributed by atoms with E-state index in [1.165, 1.54) is 6.92 Å². The Morgan fingerprint density at radius 3 is 2.61 bits per heavy atom. The SMILES string of the molecule is C[C@@H]1O[C@H](N)[C@H](OC(=O)Oc2ccccc2)[C@H]1F. The first-order valence-corrected chi connectivity index (χ1v) is 5.56. The summed E-state index contributed by atoms with van der Waals surface area (Å²) in [6.07, 6.45) is -5.27. The van der Waals surface area contributed by atoms with Crippen LogP contribution < -0.4 is 10.5 Å². The van der Waals surface area contributed by atoms with Crippen molar-refractivity contribution in [1.29, 1.82) is 0 Å². The zero-order valence-electron chi connectivity index (χ0n) is 9.78. The Balaban J connectivity index is 1.92. The van der Waals surface area contributed by atoms with Crippen molar-refractivity contribution in [2.24, 2.45) is 5.73 Å². The van der Waals surface area contributed by atoms with Gasteiger partial charge in [0.15, 0.2) is 12.3 Å². The van der Waals surface area contributed by atoms with Crippen LogP contribution in [0.5, 0.6) is 5.75 Å². The molecule has 6 heteroatoms. The van der Waals surface area contributed by atoms with Gasteiger partial charge in [-0.25, -0.2) is 9.18 Å². The van der Waals surface area contributed by atoms with Crippen LogP contribution in [0.25, 0.3) is 0 Å². The average Bonchev–Trinajstić information content (AvgIpc) is 2.57. The summed E-state index contributed by atoms with van der Waals surface area (Å²) in [5.74, 6) is 0.318. The largest absolute Gasteiger partial charge is 0.514 e. The molecule has 0 radical (unpaired) electrons. The predicted octanol–water partition coefficient (Wildman–Crippen LogP) is 1.61. The van der Waals surface area contributed by atoms with E-state index >= 15 is 0 Å². The number of rotatable bonds is 2. The molecule has 1 aliphatic heterocycles. The summed E-state index contributed by atoms with van der Waals surface area (Å²) in [7, 11) is 0. The zero-order chi connectivity index (χ0) is 13.1. The van der Waals surface area contributed by atoms with Crippen LogP contribution in [-0.4, -0.2) is 30.8 Å². The molecule has 2 rings (SSSR count). The van der Waals surface area contributed by atoms with E-state index in [-0.39, 0.29) is 0 Å². The van der Waals surface area contributed by atoms with E-state index in [1.807, 2.05) is 0 Å². The summed E-state index contributed by atoms with van der Waals surface area (Å²) in [6.45, 7) is 1.52. The third kappa shape index (κ3) is 2.77. The molecule has 1 aromatic carbocycles. The van der Waals surface area contributed by atoms with Crippen LogP contribution in [0.3, 0.4) is 0 Å². The second-order valence-corrected chi connectivity index (χ2v) is 4.00. The first kappa shape index (κ1) is 12.8. The molecular formula is C12H14FNO4.